The molecule has 7 heterocycles. The number of rotatable bonds is 9. The number of hydrogen-bond donors (Lipinski definition) is 0. The van der Waals surface area contributed by atoms with Crippen LogP contribution in [0.5, 0.6) is 0 Å². The van der Waals surface area contributed by atoms with E-state index in [1.54, 1.807) is 0 Å². The van der Waals surface area contributed by atoms with E-state index in [4.69, 9.17) is 23.2 Å². The minimum Gasteiger partial charge on any atom is -0.456 e. The Kier molecular flexibility index (Phi) is 12.0. The van der Waals surface area contributed by atoms with E-state index in [9.17, 15) is 0 Å². The second kappa shape index (κ2) is 21.8. The lowest BCUT2D eigenvalue weighted by atomic mass is 10.0. The molecule has 15 aromatic carbocycles. The highest BCUT2D eigenvalue weighted by Crippen LogP contribution is 2.43. The van der Waals surface area contributed by atoms with Gasteiger partial charge in [0.15, 0.2) is 5.82 Å². The van der Waals surface area contributed by atoms with Gasteiger partial charge >= 0.3 is 0 Å². The van der Waals surface area contributed by atoms with Crippen LogP contribution in [0.4, 0.5) is 0 Å². The smallest absolute Gasteiger partial charge is 0.160 e. The van der Waals surface area contributed by atoms with Gasteiger partial charge in [-0.25, -0.2) is 9.97 Å². The molecule has 8 nitrogen and oxygen atoms in total. The van der Waals surface area contributed by atoms with E-state index in [1.165, 1.54) is 32.3 Å². The fourth-order valence-electron chi connectivity index (χ4n) is 16.2. The lowest BCUT2D eigenvalue weighted by Crippen LogP contribution is -1.98. The first-order valence-corrected chi connectivity index (χ1v) is 34.6. The largest absolute Gasteiger partial charge is 0.456 e. The zero-order chi connectivity index (χ0) is 66.7. The molecule has 0 fully saturated rings. The number of fused-ring (bicyclic) bond motifs is 18. The minimum absolute atomic E-state index is 0.632. The van der Waals surface area contributed by atoms with E-state index < -0.39 is 0 Å². The number of furan rings is 3. The molecule has 0 aliphatic heterocycles. The van der Waals surface area contributed by atoms with E-state index in [1.807, 2.05) is 36.4 Å². The number of hydrogen-bond acceptors (Lipinski definition) is 5. The molecule has 0 saturated carbocycles. The van der Waals surface area contributed by atoms with Crippen molar-refractivity contribution in [3.63, 3.8) is 0 Å². The van der Waals surface area contributed by atoms with Gasteiger partial charge in [0.2, 0.25) is 0 Å². The minimum atomic E-state index is 0.632. The summed E-state index contributed by atoms with van der Waals surface area (Å²) in [5, 5.41) is 13.8. The second-order valence-electron chi connectivity index (χ2n) is 26.8. The molecular weight excluding hydrogens is 1250 g/mol. The fourth-order valence-corrected chi connectivity index (χ4v) is 16.2. The molecule has 7 aromatic heterocycles. The Labute approximate surface area is 582 Å². The Bertz CT molecular complexity index is 6540. The molecule has 0 aliphatic carbocycles. The van der Waals surface area contributed by atoms with E-state index in [2.05, 4.69) is 311 Å². The summed E-state index contributed by atoms with van der Waals surface area (Å²) in [7, 11) is 0. The lowest BCUT2D eigenvalue weighted by molar-refractivity contribution is 0.668. The maximum atomic E-state index is 6.22. The van der Waals surface area contributed by atoms with Gasteiger partial charge in [-0.2, -0.15) is 0 Å². The highest BCUT2D eigenvalue weighted by Gasteiger charge is 2.21. The van der Waals surface area contributed by atoms with Gasteiger partial charge in [0.1, 0.15) is 33.5 Å². The molecule has 0 unspecified atom stereocenters. The molecule has 0 bridgehead atoms. The molecule has 0 atom stereocenters. The van der Waals surface area contributed by atoms with Crippen LogP contribution < -0.4 is 0 Å². The van der Waals surface area contributed by atoms with Gasteiger partial charge in [-0.05, 0) is 197 Å². The van der Waals surface area contributed by atoms with E-state index >= 15 is 0 Å². The van der Waals surface area contributed by atoms with E-state index in [0.717, 1.165) is 177 Å². The zero-order valence-electron chi connectivity index (χ0n) is 54.7. The average Bonchev–Trinajstić information content (AvgIpc) is 1.59. The molecule has 0 radical (unpaired) electrons. The number of para-hydroxylation sites is 6. The van der Waals surface area contributed by atoms with Crippen LogP contribution in [0, 0.1) is 0 Å². The quantitative estimate of drug-likeness (QED) is 0.144. The highest BCUT2D eigenvalue weighted by molar-refractivity contribution is 6.15. The third-order valence-corrected chi connectivity index (χ3v) is 21.1. The summed E-state index contributed by atoms with van der Waals surface area (Å²) in [5.74, 6) is 0.632. The molecular formula is C94H55N5O3. The summed E-state index contributed by atoms with van der Waals surface area (Å²) in [6.07, 6.45) is 0. The van der Waals surface area contributed by atoms with Crippen LogP contribution in [0.1, 0.15) is 0 Å². The first-order chi connectivity index (χ1) is 50.5. The molecule has 102 heavy (non-hydrogen) atoms. The first-order valence-electron chi connectivity index (χ1n) is 34.6. The van der Waals surface area contributed by atoms with Gasteiger partial charge in [0, 0.05) is 98.4 Å². The normalized spacial score (nSPS) is 12.1. The summed E-state index contributed by atoms with van der Waals surface area (Å²) >= 11 is 0. The Morgan fingerprint density at radius 3 is 0.755 bits per heavy atom. The van der Waals surface area contributed by atoms with Crippen molar-refractivity contribution >= 4 is 131 Å². The molecule has 0 saturated heterocycles. The average molecular weight is 1300 g/mol. The van der Waals surface area contributed by atoms with Gasteiger partial charge in [-0.15, -0.1) is 0 Å². The standard InChI is InChI=1S/C94H55N5O3/c1-7-19-82-68(13-1)74-49-59(62-34-46-91-77(52-62)71-16-4-10-22-88(71)100-91)31-43-85(74)97(82)65-37-25-56(26-38-65)80-55-81(57-27-39-66(40-28-57)98-83-20-8-2-14-69(83)75-50-60(32-44-86(75)98)63-35-47-92-78(53-63)72-17-5-11-23-89(72)101-92)96-94(95-80)58-29-41-67(42-30-58)99-84-21-9-3-15-70(84)76-51-61(33-45-87(76)99)64-36-48-93-79(54-64)73-18-6-12-24-90(73)102-93/h1-55H. The Hall–Kier alpha value is -13.8. The number of benzene rings is 15. The van der Waals surface area contributed by atoms with Crippen LogP contribution in [0.2, 0.25) is 0 Å². The van der Waals surface area contributed by atoms with Crippen LogP contribution in [0.15, 0.2) is 347 Å². The predicted octanol–water partition coefficient (Wildman–Crippen LogP) is 25.5. The third-order valence-electron chi connectivity index (χ3n) is 21.1. The summed E-state index contributed by atoms with van der Waals surface area (Å²) in [6.45, 7) is 0. The topological polar surface area (TPSA) is 80.0 Å². The van der Waals surface area contributed by atoms with Crippen molar-refractivity contribution in [2.24, 2.45) is 0 Å². The number of nitrogens with zero attached hydrogens (tertiary/aromatic N) is 5. The van der Waals surface area contributed by atoms with Crippen molar-refractivity contribution in [1.29, 1.82) is 0 Å². The Balaban J connectivity index is 0.641. The van der Waals surface area contributed by atoms with Crippen molar-refractivity contribution in [2.45, 2.75) is 0 Å². The zero-order valence-corrected chi connectivity index (χ0v) is 54.7. The molecule has 8 heteroatoms. The molecule has 0 amide bonds. The highest BCUT2D eigenvalue weighted by atomic mass is 16.3. The van der Waals surface area contributed by atoms with Crippen molar-refractivity contribution in [3.8, 4) is 84.3 Å². The number of aromatic nitrogens is 5. The van der Waals surface area contributed by atoms with Gasteiger partial charge in [0.25, 0.3) is 0 Å². The molecule has 22 rings (SSSR count). The van der Waals surface area contributed by atoms with Gasteiger partial charge < -0.3 is 27.0 Å². The molecule has 22 aromatic rings. The third kappa shape index (κ3) is 8.69. The summed E-state index contributed by atoms with van der Waals surface area (Å²) in [6, 6.07) is 120. The maximum absolute atomic E-state index is 6.22. The summed E-state index contributed by atoms with van der Waals surface area (Å²) in [4.78, 5) is 10.9. The summed E-state index contributed by atoms with van der Waals surface area (Å²) in [5.41, 5.74) is 26.7. The molecule has 0 N–H and O–H groups in total. The Morgan fingerprint density at radius 2 is 0.422 bits per heavy atom. The van der Waals surface area contributed by atoms with Crippen LogP contribution in [-0.2, 0) is 0 Å². The molecule has 0 spiro atoms. The monoisotopic (exact) mass is 1300 g/mol. The summed E-state index contributed by atoms with van der Waals surface area (Å²) < 4.78 is 25.8. The first kappa shape index (κ1) is 56.2. The second-order valence-corrected chi connectivity index (χ2v) is 26.8. The van der Waals surface area contributed by atoms with Gasteiger partial charge in [-0.3, -0.25) is 0 Å². The lowest BCUT2D eigenvalue weighted by Gasteiger charge is -2.13. The maximum Gasteiger partial charge on any atom is 0.160 e. The SMILES string of the molecule is c1ccc2c(c1)oc1ccc(-c3ccc4c(c3)c3ccccc3n4-c3ccc(-c4cc(-c5ccc(-n6c7ccccc7c7cc(-c8ccc9oc%10ccccc%10c9c8)ccc76)cc5)nc(-c5ccc(-n6c7ccccc7c7cc(-c8ccc9oc%10ccccc%10c9c8)ccc76)cc5)n4)cc3)cc12. The molecule has 0 aliphatic rings. The van der Waals surface area contributed by atoms with Crippen molar-refractivity contribution in [2.75, 3.05) is 0 Å². The van der Waals surface area contributed by atoms with Crippen LogP contribution in [0.25, 0.3) is 216 Å². The Morgan fingerprint density at radius 1 is 0.176 bits per heavy atom. The van der Waals surface area contributed by atoms with Crippen LogP contribution in [0.3, 0.4) is 0 Å². The fraction of sp³-hybridized carbons (Fsp3) is 0. The van der Waals surface area contributed by atoms with Crippen LogP contribution in [-0.4, -0.2) is 23.7 Å². The molecule has 474 valence electrons. The van der Waals surface area contributed by atoms with Crippen molar-refractivity contribution in [1.82, 2.24) is 23.7 Å². The van der Waals surface area contributed by atoms with Crippen molar-refractivity contribution < 1.29 is 13.3 Å². The van der Waals surface area contributed by atoms with E-state index in [0.29, 0.717) is 5.82 Å². The van der Waals surface area contributed by atoms with Crippen molar-refractivity contribution in [3.05, 3.63) is 334 Å². The van der Waals surface area contributed by atoms with Gasteiger partial charge in [0.05, 0.1) is 44.5 Å². The van der Waals surface area contributed by atoms with E-state index in [-0.39, 0.29) is 0 Å². The van der Waals surface area contributed by atoms with Gasteiger partial charge in [-0.1, -0.05) is 170 Å². The van der Waals surface area contributed by atoms with Crippen LogP contribution >= 0.6 is 0 Å². The predicted molar refractivity (Wildman–Crippen MR) is 419 cm³/mol.